The molecule has 0 amide bonds. The number of rotatable bonds is 2. The van der Waals surface area contributed by atoms with E-state index in [1.165, 1.54) is 0 Å². The third-order valence-corrected chi connectivity index (χ3v) is 3.13. The number of aliphatic hydroxyl groups is 1. The minimum atomic E-state index is -1.56. The first kappa shape index (κ1) is 11.5. The van der Waals surface area contributed by atoms with Crippen LogP contribution in [0.1, 0.15) is 24.6 Å². The molecule has 0 spiro atoms. The average molecular weight is 286 g/mol. The summed E-state index contributed by atoms with van der Waals surface area (Å²) >= 11 is 3.31. The van der Waals surface area contributed by atoms with Crippen molar-refractivity contribution in [3.8, 4) is 0 Å². The molecule has 0 aromatic carbocycles. The highest BCUT2D eigenvalue weighted by atomic mass is 79.9. The number of hydrogen-bond acceptors (Lipinski definition) is 4. The minimum Gasteiger partial charge on any atom is -0.464 e. The van der Waals surface area contributed by atoms with E-state index in [9.17, 15) is 9.90 Å². The molecule has 0 saturated carbocycles. The molecule has 4 nitrogen and oxygen atoms in total. The zero-order chi connectivity index (χ0) is 11.8. The van der Waals surface area contributed by atoms with Crippen LogP contribution in [-0.4, -0.2) is 22.7 Å². The SMILES string of the molecule is CCOC(=O)[C@@]1(O)CCc2cc(Br)cnc21. The maximum absolute atomic E-state index is 11.7. The lowest BCUT2D eigenvalue weighted by molar-refractivity contribution is -0.166. The van der Waals surface area contributed by atoms with Crippen LogP contribution < -0.4 is 0 Å². The van der Waals surface area contributed by atoms with E-state index in [1.54, 1.807) is 13.1 Å². The molecule has 1 aromatic rings. The largest absolute Gasteiger partial charge is 0.464 e. The molecule has 1 aliphatic carbocycles. The predicted molar refractivity (Wildman–Crippen MR) is 60.8 cm³/mol. The molecular weight excluding hydrogens is 274 g/mol. The molecule has 0 saturated heterocycles. The van der Waals surface area contributed by atoms with Gasteiger partial charge in [-0.15, -0.1) is 0 Å². The van der Waals surface area contributed by atoms with E-state index in [1.807, 2.05) is 6.07 Å². The predicted octanol–water partition coefficient (Wildman–Crippen LogP) is 1.54. The topological polar surface area (TPSA) is 59.4 Å². The Kier molecular flexibility index (Phi) is 2.99. The second kappa shape index (κ2) is 4.14. The van der Waals surface area contributed by atoms with Crippen molar-refractivity contribution in [1.82, 2.24) is 4.98 Å². The Bertz CT molecular complexity index is 435. The Balaban J connectivity index is 2.38. The molecule has 1 aromatic heterocycles. The molecule has 1 heterocycles. The van der Waals surface area contributed by atoms with Crippen molar-refractivity contribution in [2.24, 2.45) is 0 Å². The van der Waals surface area contributed by atoms with E-state index in [2.05, 4.69) is 20.9 Å². The number of fused-ring (bicyclic) bond motifs is 1. The summed E-state index contributed by atoms with van der Waals surface area (Å²) in [5.41, 5.74) is -0.245. The molecule has 0 bridgehead atoms. The molecule has 86 valence electrons. The number of halogens is 1. The summed E-state index contributed by atoms with van der Waals surface area (Å²) in [6.45, 7) is 1.97. The molecule has 1 aliphatic rings. The molecule has 0 fully saturated rings. The van der Waals surface area contributed by atoms with Gasteiger partial charge in [-0.3, -0.25) is 4.98 Å². The van der Waals surface area contributed by atoms with E-state index < -0.39 is 11.6 Å². The summed E-state index contributed by atoms with van der Waals surface area (Å²) in [5, 5.41) is 10.3. The van der Waals surface area contributed by atoms with Gasteiger partial charge in [-0.05, 0) is 47.3 Å². The molecule has 16 heavy (non-hydrogen) atoms. The first-order chi connectivity index (χ1) is 7.58. The zero-order valence-corrected chi connectivity index (χ0v) is 10.5. The van der Waals surface area contributed by atoms with E-state index >= 15 is 0 Å². The summed E-state index contributed by atoms with van der Waals surface area (Å²) in [6.07, 6.45) is 2.55. The lowest BCUT2D eigenvalue weighted by atomic mass is 10.0. The maximum Gasteiger partial charge on any atom is 0.344 e. The number of pyridine rings is 1. The third kappa shape index (κ3) is 1.74. The molecule has 1 N–H and O–H groups in total. The number of carbonyl (C=O) groups excluding carboxylic acids is 1. The van der Waals surface area contributed by atoms with Crippen molar-refractivity contribution >= 4 is 21.9 Å². The molecule has 0 radical (unpaired) electrons. The summed E-state index contributed by atoms with van der Waals surface area (Å²) in [4.78, 5) is 15.8. The van der Waals surface area contributed by atoms with E-state index in [0.717, 1.165) is 10.0 Å². The van der Waals surface area contributed by atoms with Gasteiger partial charge >= 0.3 is 5.97 Å². The standard InChI is InChI=1S/C11H12BrNO3/c1-2-16-10(14)11(15)4-3-7-5-8(12)6-13-9(7)11/h5-6,15H,2-4H2,1H3/t11-/m1/s1. The summed E-state index contributed by atoms with van der Waals surface area (Å²) in [5.74, 6) is -0.608. The highest BCUT2D eigenvalue weighted by Crippen LogP contribution is 2.37. The van der Waals surface area contributed by atoms with Gasteiger partial charge in [-0.25, -0.2) is 4.79 Å². The van der Waals surface area contributed by atoms with E-state index in [0.29, 0.717) is 18.5 Å². The number of esters is 1. The zero-order valence-electron chi connectivity index (χ0n) is 8.86. The Hall–Kier alpha value is -0.940. The molecule has 1 atom stereocenters. The van der Waals surface area contributed by atoms with Gasteiger partial charge in [-0.1, -0.05) is 0 Å². The summed E-state index contributed by atoms with van der Waals surface area (Å²) < 4.78 is 5.72. The Morgan fingerprint density at radius 2 is 2.50 bits per heavy atom. The first-order valence-corrected chi connectivity index (χ1v) is 5.91. The van der Waals surface area contributed by atoms with Crippen molar-refractivity contribution in [3.05, 3.63) is 28.0 Å². The Labute approximate surface area is 102 Å². The van der Waals surface area contributed by atoms with Gasteiger partial charge in [-0.2, -0.15) is 0 Å². The van der Waals surface area contributed by atoms with Crippen LogP contribution in [0.5, 0.6) is 0 Å². The maximum atomic E-state index is 11.7. The van der Waals surface area contributed by atoms with Crippen LogP contribution in [0, 0.1) is 0 Å². The van der Waals surface area contributed by atoms with Gasteiger partial charge in [0.2, 0.25) is 5.60 Å². The number of hydrogen-bond donors (Lipinski definition) is 1. The molecule has 0 unspecified atom stereocenters. The number of ether oxygens (including phenoxy) is 1. The fraction of sp³-hybridized carbons (Fsp3) is 0.455. The normalized spacial score (nSPS) is 22.9. The molecule has 5 heteroatoms. The van der Waals surface area contributed by atoms with Crippen LogP contribution in [-0.2, 0) is 21.6 Å². The van der Waals surface area contributed by atoms with Crippen molar-refractivity contribution < 1.29 is 14.6 Å². The van der Waals surface area contributed by atoms with Gasteiger partial charge in [0.15, 0.2) is 0 Å². The number of aromatic nitrogens is 1. The van der Waals surface area contributed by atoms with Crippen molar-refractivity contribution in [2.75, 3.05) is 6.61 Å². The van der Waals surface area contributed by atoms with E-state index in [-0.39, 0.29) is 6.61 Å². The Morgan fingerprint density at radius 1 is 1.75 bits per heavy atom. The fourth-order valence-electron chi connectivity index (χ4n) is 1.93. The first-order valence-electron chi connectivity index (χ1n) is 5.12. The van der Waals surface area contributed by atoms with Gasteiger partial charge in [0, 0.05) is 10.7 Å². The van der Waals surface area contributed by atoms with Crippen LogP contribution >= 0.6 is 15.9 Å². The smallest absolute Gasteiger partial charge is 0.344 e. The molecule has 0 aliphatic heterocycles. The Morgan fingerprint density at radius 3 is 3.19 bits per heavy atom. The number of nitrogens with zero attached hydrogens (tertiary/aromatic N) is 1. The van der Waals surface area contributed by atoms with Crippen LogP contribution in [0.4, 0.5) is 0 Å². The highest BCUT2D eigenvalue weighted by molar-refractivity contribution is 9.10. The second-order valence-electron chi connectivity index (χ2n) is 3.74. The van der Waals surface area contributed by atoms with Gasteiger partial charge in [0.25, 0.3) is 0 Å². The minimum absolute atomic E-state index is 0.257. The van der Waals surface area contributed by atoms with Crippen LogP contribution in [0.3, 0.4) is 0 Å². The van der Waals surface area contributed by atoms with Gasteiger partial charge in [0.05, 0.1) is 12.3 Å². The quantitative estimate of drug-likeness (QED) is 0.838. The lowest BCUT2D eigenvalue weighted by Crippen LogP contribution is -2.35. The average Bonchev–Trinajstić information content (AvgIpc) is 2.58. The van der Waals surface area contributed by atoms with Crippen LogP contribution in [0.2, 0.25) is 0 Å². The van der Waals surface area contributed by atoms with E-state index in [4.69, 9.17) is 4.74 Å². The number of carbonyl (C=O) groups is 1. The number of aryl methyl sites for hydroxylation is 1. The summed E-state index contributed by atoms with van der Waals surface area (Å²) in [6, 6.07) is 1.87. The lowest BCUT2D eigenvalue weighted by Gasteiger charge is -2.20. The monoisotopic (exact) mass is 285 g/mol. The van der Waals surface area contributed by atoms with Crippen molar-refractivity contribution in [2.45, 2.75) is 25.4 Å². The third-order valence-electron chi connectivity index (χ3n) is 2.69. The molecular formula is C11H12BrNO3. The highest BCUT2D eigenvalue weighted by Gasteiger charge is 2.46. The van der Waals surface area contributed by atoms with Gasteiger partial charge in [0.1, 0.15) is 0 Å². The fourth-order valence-corrected chi connectivity index (χ4v) is 2.31. The van der Waals surface area contributed by atoms with Crippen LogP contribution in [0.25, 0.3) is 0 Å². The summed E-state index contributed by atoms with van der Waals surface area (Å²) in [7, 11) is 0. The van der Waals surface area contributed by atoms with Crippen LogP contribution in [0.15, 0.2) is 16.7 Å². The molecule has 2 rings (SSSR count). The van der Waals surface area contributed by atoms with Gasteiger partial charge < -0.3 is 9.84 Å². The van der Waals surface area contributed by atoms with Crippen molar-refractivity contribution in [3.63, 3.8) is 0 Å². The second-order valence-corrected chi connectivity index (χ2v) is 4.66. The van der Waals surface area contributed by atoms with Crippen molar-refractivity contribution in [1.29, 1.82) is 0 Å².